The molecule has 1 heterocycles. The Morgan fingerprint density at radius 1 is 1.15 bits per heavy atom. The first-order valence-corrected chi connectivity index (χ1v) is 8.39. The van der Waals surface area contributed by atoms with Gasteiger partial charge in [0.1, 0.15) is 0 Å². The van der Waals surface area contributed by atoms with Crippen LogP contribution in [0.4, 0.5) is 0 Å². The van der Waals surface area contributed by atoms with Gasteiger partial charge in [0.25, 0.3) is 0 Å². The molecule has 0 spiro atoms. The third-order valence-electron chi connectivity index (χ3n) is 4.00. The molecule has 0 saturated heterocycles. The Bertz CT molecular complexity index is 903. The van der Waals surface area contributed by atoms with Crippen molar-refractivity contribution in [2.45, 2.75) is 20.3 Å². The second kappa shape index (κ2) is 7.88. The predicted molar refractivity (Wildman–Crippen MR) is 96.5 cm³/mol. The fourth-order valence-corrected chi connectivity index (χ4v) is 2.64. The monoisotopic (exact) mass is 352 g/mol. The van der Waals surface area contributed by atoms with Gasteiger partial charge in [-0.15, -0.1) is 5.10 Å². The molecule has 0 amide bonds. The van der Waals surface area contributed by atoms with Crippen molar-refractivity contribution in [2.24, 2.45) is 0 Å². The number of aryl methyl sites for hydroxylation is 1. The number of aromatic nitrogens is 4. The Morgan fingerprint density at radius 3 is 2.62 bits per heavy atom. The summed E-state index contributed by atoms with van der Waals surface area (Å²) in [4.78, 5) is 11.6. The van der Waals surface area contributed by atoms with Gasteiger partial charge in [-0.05, 0) is 53.6 Å². The first-order chi connectivity index (χ1) is 12.6. The Balaban J connectivity index is 2.03. The van der Waals surface area contributed by atoms with Gasteiger partial charge in [0.2, 0.25) is 0 Å². The van der Waals surface area contributed by atoms with Crippen molar-refractivity contribution in [2.75, 3.05) is 13.2 Å². The van der Waals surface area contributed by atoms with Crippen LogP contribution in [0.25, 0.3) is 16.8 Å². The summed E-state index contributed by atoms with van der Waals surface area (Å²) in [6.07, 6.45) is 0.540. The number of nitrogens with zero attached hydrogens (tertiary/aromatic N) is 4. The molecule has 0 fully saturated rings. The molecular weight excluding hydrogens is 332 g/mol. The maximum absolute atomic E-state index is 11.6. The molecule has 1 aromatic heterocycles. The molecule has 3 rings (SSSR count). The number of carboxylic acid groups (broad SMARTS) is 1. The van der Waals surface area contributed by atoms with Gasteiger partial charge >= 0.3 is 5.97 Å². The van der Waals surface area contributed by atoms with Gasteiger partial charge in [-0.25, -0.2) is 4.79 Å². The minimum absolute atomic E-state index is 0.185. The molecule has 0 aliphatic rings. The van der Waals surface area contributed by atoms with Crippen LogP contribution >= 0.6 is 0 Å². The fraction of sp³-hybridized carbons (Fsp3) is 0.263. The average molecular weight is 352 g/mol. The minimum Gasteiger partial charge on any atom is -0.478 e. The van der Waals surface area contributed by atoms with Gasteiger partial charge in [0.05, 0.1) is 17.9 Å². The largest absolute Gasteiger partial charge is 0.478 e. The number of benzene rings is 2. The molecule has 2 aromatic carbocycles. The molecule has 3 aromatic rings. The van der Waals surface area contributed by atoms with Crippen molar-refractivity contribution >= 4 is 5.97 Å². The third-order valence-corrected chi connectivity index (χ3v) is 4.00. The van der Waals surface area contributed by atoms with Crippen molar-refractivity contribution in [3.63, 3.8) is 0 Å². The van der Waals surface area contributed by atoms with E-state index in [2.05, 4.69) is 15.5 Å². The topological polar surface area (TPSA) is 90.1 Å². The van der Waals surface area contributed by atoms with Crippen LogP contribution in [-0.2, 0) is 11.2 Å². The molecular formula is C19H20N4O3. The summed E-state index contributed by atoms with van der Waals surface area (Å²) in [6.45, 7) is 5.05. The molecule has 0 unspecified atom stereocenters. The molecule has 0 radical (unpaired) electrons. The van der Waals surface area contributed by atoms with Crippen LogP contribution in [0.1, 0.15) is 28.7 Å². The molecule has 0 atom stereocenters. The average Bonchev–Trinajstić information content (AvgIpc) is 3.11. The molecule has 0 aliphatic heterocycles. The van der Waals surface area contributed by atoms with Gasteiger partial charge in [-0.1, -0.05) is 29.8 Å². The van der Waals surface area contributed by atoms with Crippen molar-refractivity contribution in [3.05, 3.63) is 59.4 Å². The summed E-state index contributed by atoms with van der Waals surface area (Å²) >= 11 is 0. The lowest BCUT2D eigenvalue weighted by atomic mass is 10.0. The van der Waals surface area contributed by atoms with Crippen LogP contribution in [0.2, 0.25) is 0 Å². The maximum atomic E-state index is 11.6. The molecule has 0 aliphatic carbocycles. The molecule has 0 saturated carbocycles. The highest BCUT2D eigenvalue weighted by Gasteiger charge is 2.14. The smallest absolute Gasteiger partial charge is 0.335 e. The zero-order chi connectivity index (χ0) is 18.5. The Hall–Kier alpha value is -3.06. The Kier molecular flexibility index (Phi) is 5.38. The highest BCUT2D eigenvalue weighted by molar-refractivity contribution is 5.90. The lowest BCUT2D eigenvalue weighted by molar-refractivity contribution is 0.0697. The second-order valence-electron chi connectivity index (χ2n) is 5.89. The number of aromatic carboxylic acids is 1. The van der Waals surface area contributed by atoms with Crippen LogP contribution in [0.5, 0.6) is 0 Å². The fourth-order valence-electron chi connectivity index (χ4n) is 2.64. The number of rotatable bonds is 7. The Morgan fingerprint density at radius 2 is 1.92 bits per heavy atom. The summed E-state index contributed by atoms with van der Waals surface area (Å²) in [5.41, 5.74) is 3.67. The lowest BCUT2D eigenvalue weighted by Crippen LogP contribution is -2.08. The number of hydrogen-bond acceptors (Lipinski definition) is 5. The number of carboxylic acids is 1. The van der Waals surface area contributed by atoms with E-state index in [0.29, 0.717) is 31.1 Å². The van der Waals surface area contributed by atoms with Gasteiger partial charge in [-0.3, -0.25) is 0 Å². The molecule has 0 bridgehead atoms. The number of hydrogen-bond donors (Lipinski definition) is 1. The quantitative estimate of drug-likeness (QED) is 0.658. The summed E-state index contributed by atoms with van der Waals surface area (Å²) in [5.74, 6) is -0.375. The molecule has 7 nitrogen and oxygen atoms in total. The first-order valence-electron chi connectivity index (χ1n) is 8.39. The zero-order valence-electron chi connectivity index (χ0n) is 14.7. The van der Waals surface area contributed by atoms with Gasteiger partial charge < -0.3 is 9.84 Å². The van der Waals surface area contributed by atoms with Crippen LogP contribution in [0.15, 0.2) is 42.5 Å². The predicted octanol–water partition coefficient (Wildman–Crippen LogP) is 2.91. The SMILES string of the molecule is CCOCCc1nnnn1-c1cc(C(=O)O)cc(-c2ccc(C)cc2)c1. The van der Waals surface area contributed by atoms with E-state index in [9.17, 15) is 9.90 Å². The van der Waals surface area contributed by atoms with E-state index >= 15 is 0 Å². The lowest BCUT2D eigenvalue weighted by Gasteiger charge is -2.10. The minimum atomic E-state index is -0.996. The highest BCUT2D eigenvalue weighted by atomic mass is 16.5. The van der Waals surface area contributed by atoms with Crippen LogP contribution in [-0.4, -0.2) is 44.5 Å². The number of ether oxygens (including phenoxy) is 1. The zero-order valence-corrected chi connectivity index (χ0v) is 14.7. The second-order valence-corrected chi connectivity index (χ2v) is 5.89. The van der Waals surface area contributed by atoms with Crippen LogP contribution in [0, 0.1) is 6.92 Å². The summed E-state index contributed by atoms with van der Waals surface area (Å²) in [6, 6.07) is 13.0. The van der Waals surface area contributed by atoms with E-state index in [4.69, 9.17) is 4.74 Å². The van der Waals surface area contributed by atoms with Gasteiger partial charge in [-0.2, -0.15) is 4.68 Å². The number of tetrazole rings is 1. The van der Waals surface area contributed by atoms with Crippen LogP contribution < -0.4 is 0 Å². The van der Waals surface area contributed by atoms with Crippen LogP contribution in [0.3, 0.4) is 0 Å². The van der Waals surface area contributed by atoms with Crippen molar-refractivity contribution < 1.29 is 14.6 Å². The summed E-state index contributed by atoms with van der Waals surface area (Å²) < 4.78 is 6.92. The van der Waals surface area contributed by atoms with Crippen molar-refractivity contribution in [3.8, 4) is 16.8 Å². The van der Waals surface area contributed by atoms with E-state index in [1.54, 1.807) is 16.8 Å². The highest BCUT2D eigenvalue weighted by Crippen LogP contribution is 2.25. The van der Waals surface area contributed by atoms with Gasteiger partial charge in [0.15, 0.2) is 5.82 Å². The first kappa shape index (κ1) is 17.8. The third kappa shape index (κ3) is 3.94. The normalized spacial score (nSPS) is 10.8. The van der Waals surface area contributed by atoms with E-state index in [1.165, 1.54) is 0 Å². The number of carbonyl (C=O) groups is 1. The van der Waals surface area contributed by atoms with Gasteiger partial charge in [0, 0.05) is 13.0 Å². The molecule has 7 heteroatoms. The molecule has 26 heavy (non-hydrogen) atoms. The summed E-state index contributed by atoms with van der Waals surface area (Å²) in [5, 5.41) is 21.3. The molecule has 1 N–H and O–H groups in total. The van der Waals surface area contributed by atoms with Crippen molar-refractivity contribution in [1.82, 2.24) is 20.2 Å². The standard InChI is InChI=1S/C19H20N4O3/c1-3-26-9-8-18-20-21-22-23(18)17-11-15(10-16(12-17)19(24)25)14-6-4-13(2)5-7-14/h4-7,10-12H,3,8-9H2,1-2H3,(H,24,25). The molecule has 134 valence electrons. The van der Waals surface area contributed by atoms with E-state index in [1.807, 2.05) is 44.2 Å². The van der Waals surface area contributed by atoms with E-state index < -0.39 is 5.97 Å². The Labute approximate surface area is 151 Å². The van der Waals surface area contributed by atoms with E-state index in [0.717, 1.165) is 16.7 Å². The van der Waals surface area contributed by atoms with Crippen molar-refractivity contribution in [1.29, 1.82) is 0 Å². The summed E-state index contributed by atoms with van der Waals surface area (Å²) in [7, 11) is 0. The maximum Gasteiger partial charge on any atom is 0.335 e. The van der Waals surface area contributed by atoms with E-state index in [-0.39, 0.29) is 5.56 Å².